The van der Waals surface area contributed by atoms with Gasteiger partial charge in [-0.05, 0) is 49.4 Å². The highest BCUT2D eigenvalue weighted by Crippen LogP contribution is 2.24. The van der Waals surface area contributed by atoms with Crippen LogP contribution in [0, 0.1) is 11.7 Å². The van der Waals surface area contributed by atoms with Gasteiger partial charge >= 0.3 is 6.03 Å². The van der Waals surface area contributed by atoms with E-state index in [9.17, 15) is 9.18 Å². The van der Waals surface area contributed by atoms with E-state index in [2.05, 4.69) is 20.3 Å². The molecule has 8 heteroatoms. The molecule has 4 rings (SSSR count). The average molecular weight is 372 g/mol. The fourth-order valence-electron chi connectivity index (χ4n) is 4.05. The molecule has 2 atom stereocenters. The van der Waals surface area contributed by atoms with E-state index in [4.69, 9.17) is 0 Å². The maximum atomic E-state index is 13.1. The minimum absolute atomic E-state index is 0.0119. The minimum Gasteiger partial charge on any atom is -0.371 e. The lowest BCUT2D eigenvalue weighted by molar-refractivity contribution is 0.184. The summed E-state index contributed by atoms with van der Waals surface area (Å²) in [4.78, 5) is 20.8. The van der Waals surface area contributed by atoms with Gasteiger partial charge in [0.1, 0.15) is 18.5 Å². The van der Waals surface area contributed by atoms with Crippen molar-refractivity contribution in [3.8, 4) is 0 Å². The highest BCUT2D eigenvalue weighted by Gasteiger charge is 2.30. The van der Waals surface area contributed by atoms with Gasteiger partial charge in [-0.15, -0.1) is 0 Å². The van der Waals surface area contributed by atoms with Crippen LogP contribution in [0.25, 0.3) is 0 Å². The first-order valence-electron chi connectivity index (χ1n) is 9.56. The van der Waals surface area contributed by atoms with Crippen LogP contribution in [0.3, 0.4) is 0 Å². The van der Waals surface area contributed by atoms with Crippen molar-refractivity contribution in [2.75, 3.05) is 31.1 Å². The lowest BCUT2D eigenvalue weighted by Gasteiger charge is -2.25. The van der Waals surface area contributed by atoms with Gasteiger partial charge in [-0.3, -0.25) is 4.68 Å². The van der Waals surface area contributed by atoms with Crippen LogP contribution in [0.4, 0.5) is 14.9 Å². The Kier molecular flexibility index (Phi) is 5.22. The first kappa shape index (κ1) is 17.8. The molecule has 0 radical (unpaired) electrons. The van der Waals surface area contributed by atoms with Crippen molar-refractivity contribution in [3.05, 3.63) is 42.7 Å². The van der Waals surface area contributed by atoms with Gasteiger partial charge in [0, 0.05) is 31.9 Å². The van der Waals surface area contributed by atoms with E-state index in [1.165, 1.54) is 18.5 Å². The maximum Gasteiger partial charge on any atom is 0.317 e. The minimum atomic E-state index is -0.215. The Hall–Kier alpha value is -2.64. The molecule has 0 spiro atoms. The number of aromatic nitrogens is 3. The number of benzene rings is 1. The fourth-order valence-corrected chi connectivity index (χ4v) is 4.05. The topological polar surface area (TPSA) is 66.3 Å². The number of carbonyl (C=O) groups is 1. The molecule has 144 valence electrons. The summed E-state index contributed by atoms with van der Waals surface area (Å²) in [6, 6.07) is 6.80. The highest BCUT2D eigenvalue weighted by atomic mass is 19.1. The van der Waals surface area contributed by atoms with Gasteiger partial charge < -0.3 is 15.1 Å². The molecule has 3 heterocycles. The quantitative estimate of drug-likeness (QED) is 0.873. The van der Waals surface area contributed by atoms with E-state index >= 15 is 0 Å². The molecule has 0 saturated carbocycles. The number of urea groups is 1. The largest absolute Gasteiger partial charge is 0.371 e. The Labute approximate surface area is 158 Å². The van der Waals surface area contributed by atoms with Crippen molar-refractivity contribution in [3.63, 3.8) is 0 Å². The Morgan fingerprint density at radius 3 is 2.85 bits per heavy atom. The van der Waals surface area contributed by atoms with Crippen molar-refractivity contribution in [1.82, 2.24) is 25.0 Å². The van der Waals surface area contributed by atoms with Crippen LogP contribution in [-0.4, -0.2) is 57.9 Å². The van der Waals surface area contributed by atoms with Gasteiger partial charge in [-0.25, -0.2) is 14.2 Å². The van der Waals surface area contributed by atoms with Crippen LogP contribution >= 0.6 is 0 Å². The third-order valence-electron chi connectivity index (χ3n) is 5.52. The summed E-state index contributed by atoms with van der Waals surface area (Å²) in [7, 11) is 0. The molecule has 2 amide bonds. The SMILES string of the molecule is O=C(NCC1CCN(c2ccc(F)cc2)C1)N1CCCC1Cn1cncn1. The summed E-state index contributed by atoms with van der Waals surface area (Å²) in [6.07, 6.45) is 6.26. The van der Waals surface area contributed by atoms with Gasteiger partial charge in [0.2, 0.25) is 0 Å². The zero-order chi connectivity index (χ0) is 18.6. The Morgan fingerprint density at radius 1 is 1.22 bits per heavy atom. The van der Waals surface area contributed by atoms with E-state index in [0.29, 0.717) is 19.0 Å². The molecule has 2 unspecified atom stereocenters. The standard InChI is InChI=1S/C19H25FN6O/c20-16-3-5-17(6-4-16)24-9-7-15(11-24)10-22-19(27)26-8-1-2-18(26)12-25-14-21-13-23-25/h3-6,13-15,18H,1-2,7-12H2,(H,22,27). The summed E-state index contributed by atoms with van der Waals surface area (Å²) in [6.45, 7) is 3.97. The molecule has 2 fully saturated rings. The van der Waals surface area contributed by atoms with Gasteiger partial charge in [0.15, 0.2) is 0 Å². The van der Waals surface area contributed by atoms with Crippen LogP contribution in [0.5, 0.6) is 0 Å². The van der Waals surface area contributed by atoms with E-state index in [1.54, 1.807) is 11.0 Å². The number of carbonyl (C=O) groups excluding carboxylic acids is 1. The lowest BCUT2D eigenvalue weighted by atomic mass is 10.1. The second-order valence-corrected chi connectivity index (χ2v) is 7.37. The van der Waals surface area contributed by atoms with Crippen molar-refractivity contribution in [2.24, 2.45) is 5.92 Å². The molecule has 2 aliphatic heterocycles. The highest BCUT2D eigenvalue weighted by molar-refractivity contribution is 5.74. The molecule has 2 aliphatic rings. The Bertz CT molecular complexity index is 750. The van der Waals surface area contributed by atoms with Crippen LogP contribution in [0.2, 0.25) is 0 Å². The van der Waals surface area contributed by atoms with Gasteiger partial charge in [-0.1, -0.05) is 0 Å². The maximum absolute atomic E-state index is 13.1. The van der Waals surface area contributed by atoms with Crippen molar-refractivity contribution < 1.29 is 9.18 Å². The van der Waals surface area contributed by atoms with E-state index in [0.717, 1.165) is 44.6 Å². The molecule has 7 nitrogen and oxygen atoms in total. The Morgan fingerprint density at radius 2 is 2.07 bits per heavy atom. The number of halogens is 1. The normalized spacial score (nSPS) is 22.4. The zero-order valence-corrected chi connectivity index (χ0v) is 15.3. The monoisotopic (exact) mass is 372 g/mol. The summed E-state index contributed by atoms with van der Waals surface area (Å²) in [5.74, 6) is 0.197. The number of rotatable bonds is 5. The van der Waals surface area contributed by atoms with Gasteiger partial charge in [0.05, 0.1) is 12.6 Å². The number of hydrogen-bond donors (Lipinski definition) is 1. The molecule has 1 aromatic carbocycles. The smallest absolute Gasteiger partial charge is 0.317 e. The van der Waals surface area contributed by atoms with E-state index < -0.39 is 0 Å². The van der Waals surface area contributed by atoms with Crippen molar-refractivity contribution >= 4 is 11.7 Å². The number of likely N-dealkylation sites (tertiary alicyclic amines) is 1. The molecule has 0 aliphatic carbocycles. The fraction of sp³-hybridized carbons (Fsp3) is 0.526. The summed E-state index contributed by atoms with van der Waals surface area (Å²) >= 11 is 0. The number of amides is 2. The first-order valence-corrected chi connectivity index (χ1v) is 9.56. The molecule has 27 heavy (non-hydrogen) atoms. The lowest BCUT2D eigenvalue weighted by Crippen LogP contribution is -2.45. The molecule has 1 N–H and O–H groups in total. The van der Waals surface area contributed by atoms with Crippen LogP contribution in [0.15, 0.2) is 36.9 Å². The molecular formula is C19H25FN6O. The number of anilines is 1. The zero-order valence-electron chi connectivity index (χ0n) is 15.3. The number of nitrogens with zero attached hydrogens (tertiary/aromatic N) is 5. The number of nitrogens with one attached hydrogen (secondary N) is 1. The van der Waals surface area contributed by atoms with E-state index in [-0.39, 0.29) is 17.9 Å². The third-order valence-corrected chi connectivity index (χ3v) is 5.52. The second-order valence-electron chi connectivity index (χ2n) is 7.37. The van der Waals surface area contributed by atoms with E-state index in [1.807, 2.05) is 17.0 Å². The molecular weight excluding hydrogens is 347 g/mol. The van der Waals surface area contributed by atoms with Crippen LogP contribution in [-0.2, 0) is 6.54 Å². The molecule has 2 aromatic rings. The van der Waals surface area contributed by atoms with Crippen molar-refractivity contribution in [2.45, 2.75) is 31.8 Å². The van der Waals surface area contributed by atoms with Gasteiger partial charge in [-0.2, -0.15) is 5.10 Å². The first-order chi connectivity index (χ1) is 13.2. The van der Waals surface area contributed by atoms with Crippen LogP contribution in [0.1, 0.15) is 19.3 Å². The molecule has 1 aromatic heterocycles. The predicted octanol–water partition coefficient (Wildman–Crippen LogP) is 2.12. The van der Waals surface area contributed by atoms with Crippen LogP contribution < -0.4 is 10.2 Å². The van der Waals surface area contributed by atoms with Crippen molar-refractivity contribution in [1.29, 1.82) is 0 Å². The number of hydrogen-bond acceptors (Lipinski definition) is 4. The summed E-state index contributed by atoms with van der Waals surface area (Å²) < 4.78 is 14.9. The average Bonchev–Trinajstić information content (AvgIpc) is 3.43. The summed E-state index contributed by atoms with van der Waals surface area (Å²) in [5, 5.41) is 7.26. The second kappa shape index (κ2) is 7.94. The van der Waals surface area contributed by atoms with Gasteiger partial charge in [0.25, 0.3) is 0 Å². The molecule has 0 bridgehead atoms. The Balaban J connectivity index is 1.26. The predicted molar refractivity (Wildman–Crippen MR) is 99.9 cm³/mol. The molecule has 2 saturated heterocycles. The summed E-state index contributed by atoms with van der Waals surface area (Å²) in [5.41, 5.74) is 1.04. The third kappa shape index (κ3) is 4.20.